The fraction of sp³-hybridized carbons (Fsp3) is 0.200. The van der Waals surface area contributed by atoms with Crippen LogP contribution in [0.4, 0.5) is 0 Å². The van der Waals surface area contributed by atoms with Gasteiger partial charge in [0.2, 0.25) is 0 Å². The predicted molar refractivity (Wildman–Crippen MR) is 116 cm³/mol. The first-order chi connectivity index (χ1) is 14.5. The van der Waals surface area contributed by atoms with Crippen molar-refractivity contribution in [2.24, 2.45) is 5.41 Å². The maximum Gasteiger partial charge on any atom is 0.182 e. The summed E-state index contributed by atoms with van der Waals surface area (Å²) in [5.41, 5.74) is 4.07. The van der Waals surface area contributed by atoms with Gasteiger partial charge in [0.05, 0.1) is 11.4 Å². The fourth-order valence-corrected chi connectivity index (χ4v) is 4.00. The summed E-state index contributed by atoms with van der Waals surface area (Å²) in [7, 11) is 0. The average Bonchev–Trinajstić information content (AvgIpc) is 3.19. The fourth-order valence-electron chi connectivity index (χ4n) is 4.00. The minimum atomic E-state index is -0.0853. The Kier molecular flexibility index (Phi) is 4.31. The van der Waals surface area contributed by atoms with Crippen LogP contribution < -0.4 is 0 Å². The molecule has 0 saturated heterocycles. The van der Waals surface area contributed by atoms with Crippen LogP contribution in [-0.2, 0) is 6.42 Å². The summed E-state index contributed by atoms with van der Waals surface area (Å²) in [5, 5.41) is 4.78. The molecule has 2 aromatic heterocycles. The van der Waals surface area contributed by atoms with Gasteiger partial charge >= 0.3 is 0 Å². The van der Waals surface area contributed by atoms with Gasteiger partial charge in [-0.1, -0.05) is 62.4 Å². The molecule has 0 spiro atoms. The minimum Gasteiger partial charge on any atom is -0.294 e. The van der Waals surface area contributed by atoms with Crippen LogP contribution in [0.3, 0.4) is 0 Å². The third-order valence-electron chi connectivity index (χ3n) is 5.43. The van der Waals surface area contributed by atoms with E-state index in [-0.39, 0.29) is 11.2 Å². The van der Waals surface area contributed by atoms with E-state index in [1.54, 1.807) is 0 Å². The first kappa shape index (κ1) is 18.4. The molecule has 0 atom stereocenters. The van der Waals surface area contributed by atoms with Crippen molar-refractivity contribution in [3.63, 3.8) is 0 Å². The van der Waals surface area contributed by atoms with Gasteiger partial charge in [0.1, 0.15) is 5.69 Å². The van der Waals surface area contributed by atoms with Crippen LogP contribution in [0.15, 0.2) is 72.8 Å². The molecule has 148 valence electrons. The maximum atomic E-state index is 12.6. The summed E-state index contributed by atoms with van der Waals surface area (Å²) >= 11 is 0. The molecule has 0 saturated carbocycles. The summed E-state index contributed by atoms with van der Waals surface area (Å²) in [6.45, 7) is 4.23. The highest BCUT2D eigenvalue weighted by Crippen LogP contribution is 2.35. The molecular weight excluding hydrogens is 372 g/mol. The zero-order chi connectivity index (χ0) is 20.7. The second-order valence-electron chi connectivity index (χ2n) is 8.50. The Morgan fingerprint density at radius 1 is 0.833 bits per heavy atom. The number of ketones is 1. The summed E-state index contributed by atoms with van der Waals surface area (Å²) in [6.07, 6.45) is 1.33. The van der Waals surface area contributed by atoms with E-state index in [0.29, 0.717) is 18.1 Å². The summed E-state index contributed by atoms with van der Waals surface area (Å²) < 4.78 is 1.83. The number of aromatic nitrogens is 4. The Morgan fingerprint density at radius 3 is 2.27 bits per heavy atom. The molecule has 1 aliphatic rings. The number of nitrogens with zero attached hydrogens (tertiary/aromatic N) is 4. The van der Waals surface area contributed by atoms with E-state index in [9.17, 15) is 4.79 Å². The quantitative estimate of drug-likeness (QED) is 0.482. The third-order valence-corrected chi connectivity index (χ3v) is 5.43. The standard InChI is InChI=1S/C25H22N4O/c1-25(2)15-21-19(22(30)16-25)13-14-20(26-21)24-27-23(17-9-5-3-6-10-17)28-29(24)18-11-7-4-8-12-18/h3-14H,15-16H2,1-2H3. The molecule has 1 aliphatic carbocycles. The van der Waals surface area contributed by atoms with Gasteiger partial charge in [-0.2, -0.15) is 0 Å². The smallest absolute Gasteiger partial charge is 0.182 e. The van der Waals surface area contributed by atoms with Crippen LogP contribution in [0.5, 0.6) is 0 Å². The van der Waals surface area contributed by atoms with Gasteiger partial charge in [-0.05, 0) is 36.1 Å². The van der Waals surface area contributed by atoms with E-state index >= 15 is 0 Å². The number of hydrogen-bond acceptors (Lipinski definition) is 4. The number of carbonyl (C=O) groups is 1. The Morgan fingerprint density at radius 2 is 1.53 bits per heavy atom. The molecule has 2 heterocycles. The van der Waals surface area contributed by atoms with E-state index in [1.807, 2.05) is 77.5 Å². The zero-order valence-corrected chi connectivity index (χ0v) is 17.0. The Bertz CT molecular complexity index is 1230. The minimum absolute atomic E-state index is 0.0853. The molecule has 5 heteroatoms. The average molecular weight is 394 g/mol. The van der Waals surface area contributed by atoms with E-state index in [2.05, 4.69) is 13.8 Å². The first-order valence-electron chi connectivity index (χ1n) is 10.1. The highest BCUT2D eigenvalue weighted by atomic mass is 16.1. The topological polar surface area (TPSA) is 60.7 Å². The SMILES string of the molecule is CC1(C)CC(=O)c2ccc(-c3nc(-c4ccccc4)nn3-c3ccccc3)nc2C1. The molecule has 0 aliphatic heterocycles. The number of carbonyl (C=O) groups excluding carboxylic acids is 1. The molecule has 0 unspecified atom stereocenters. The van der Waals surface area contributed by atoms with Gasteiger partial charge in [0.15, 0.2) is 17.4 Å². The van der Waals surface area contributed by atoms with Crippen molar-refractivity contribution in [2.45, 2.75) is 26.7 Å². The molecule has 30 heavy (non-hydrogen) atoms. The number of rotatable bonds is 3. The second kappa shape index (κ2) is 7.02. The van der Waals surface area contributed by atoms with Crippen molar-refractivity contribution in [3.05, 3.63) is 84.1 Å². The molecule has 2 aromatic carbocycles. The molecule has 5 rings (SSSR count). The van der Waals surface area contributed by atoms with E-state index in [0.717, 1.165) is 34.6 Å². The van der Waals surface area contributed by atoms with Gasteiger partial charge in [-0.3, -0.25) is 4.79 Å². The lowest BCUT2D eigenvalue weighted by Crippen LogP contribution is -2.28. The van der Waals surface area contributed by atoms with Gasteiger partial charge in [0.25, 0.3) is 0 Å². The predicted octanol–water partition coefficient (Wildman–Crippen LogP) is 5.15. The van der Waals surface area contributed by atoms with Gasteiger partial charge in [-0.25, -0.2) is 14.6 Å². The molecule has 0 fully saturated rings. The molecule has 0 bridgehead atoms. The van der Waals surface area contributed by atoms with Gasteiger partial charge in [-0.15, -0.1) is 5.10 Å². The molecule has 0 amide bonds. The first-order valence-corrected chi connectivity index (χ1v) is 10.1. The second-order valence-corrected chi connectivity index (χ2v) is 8.50. The summed E-state index contributed by atoms with van der Waals surface area (Å²) in [5.74, 6) is 1.47. The number of hydrogen-bond donors (Lipinski definition) is 0. The zero-order valence-electron chi connectivity index (χ0n) is 17.0. The number of Topliss-reactive ketones (excluding diaryl/α,β-unsaturated/α-hetero) is 1. The number of pyridine rings is 1. The van der Waals surface area contributed by atoms with Crippen molar-refractivity contribution >= 4 is 5.78 Å². The van der Waals surface area contributed by atoms with Crippen LogP contribution in [0, 0.1) is 5.41 Å². The van der Waals surface area contributed by atoms with Gasteiger partial charge < -0.3 is 0 Å². The molecule has 4 aromatic rings. The van der Waals surface area contributed by atoms with Crippen molar-refractivity contribution < 1.29 is 4.79 Å². The molecule has 0 N–H and O–H groups in total. The summed E-state index contributed by atoms with van der Waals surface area (Å²) in [4.78, 5) is 22.3. The van der Waals surface area contributed by atoms with Crippen LogP contribution in [0.1, 0.15) is 36.3 Å². The summed E-state index contributed by atoms with van der Waals surface area (Å²) in [6, 6.07) is 23.6. The molecule has 5 nitrogen and oxygen atoms in total. The maximum absolute atomic E-state index is 12.6. The van der Waals surface area contributed by atoms with E-state index < -0.39 is 0 Å². The highest BCUT2D eigenvalue weighted by Gasteiger charge is 2.32. The van der Waals surface area contributed by atoms with Crippen molar-refractivity contribution in [1.29, 1.82) is 0 Å². The van der Waals surface area contributed by atoms with Crippen LogP contribution >= 0.6 is 0 Å². The van der Waals surface area contributed by atoms with Crippen molar-refractivity contribution in [2.75, 3.05) is 0 Å². The normalized spacial score (nSPS) is 15.1. The lowest BCUT2D eigenvalue weighted by Gasteiger charge is -2.29. The molecular formula is C25H22N4O. The Labute approximate surface area is 175 Å². The monoisotopic (exact) mass is 394 g/mol. The largest absolute Gasteiger partial charge is 0.294 e. The third kappa shape index (κ3) is 3.32. The van der Waals surface area contributed by atoms with Gasteiger partial charge in [0, 0.05) is 17.5 Å². The number of benzene rings is 2. The van der Waals surface area contributed by atoms with Crippen molar-refractivity contribution in [1.82, 2.24) is 19.7 Å². The van der Waals surface area contributed by atoms with E-state index in [4.69, 9.17) is 15.1 Å². The van der Waals surface area contributed by atoms with Crippen molar-refractivity contribution in [3.8, 4) is 28.6 Å². The lowest BCUT2D eigenvalue weighted by atomic mass is 9.75. The van der Waals surface area contributed by atoms with E-state index in [1.165, 1.54) is 0 Å². The lowest BCUT2D eigenvalue weighted by molar-refractivity contribution is 0.0910. The Balaban J connectivity index is 1.67. The highest BCUT2D eigenvalue weighted by molar-refractivity contribution is 5.98. The Hall–Kier alpha value is -3.60. The van der Waals surface area contributed by atoms with Crippen LogP contribution in [0.2, 0.25) is 0 Å². The number of para-hydroxylation sites is 1. The number of fused-ring (bicyclic) bond motifs is 1. The van der Waals surface area contributed by atoms with Crippen LogP contribution in [-0.4, -0.2) is 25.5 Å². The molecule has 0 radical (unpaired) electrons. The van der Waals surface area contributed by atoms with Crippen LogP contribution in [0.25, 0.3) is 28.6 Å².